The standard InChI is InChI=1S/C14H15BrN2O3/c15-11-1-3-13(19)10(7-11)8-16-12-2-4-14(17-9-12)20-6-5-18/h1-4,7,9,16,18-19H,5-6,8H2. The van der Waals surface area contributed by atoms with Gasteiger partial charge in [0, 0.05) is 22.6 Å². The molecule has 20 heavy (non-hydrogen) atoms. The van der Waals surface area contributed by atoms with E-state index in [1.165, 1.54) is 0 Å². The smallest absolute Gasteiger partial charge is 0.213 e. The highest BCUT2D eigenvalue weighted by Gasteiger charge is 2.02. The third kappa shape index (κ3) is 4.11. The lowest BCUT2D eigenvalue weighted by Crippen LogP contribution is -2.04. The molecule has 1 aromatic heterocycles. The van der Waals surface area contributed by atoms with Gasteiger partial charge in [-0.15, -0.1) is 0 Å². The number of phenolic OH excluding ortho intramolecular Hbond substituents is 1. The Kier molecular flexibility index (Phi) is 5.20. The van der Waals surface area contributed by atoms with Crippen molar-refractivity contribution in [1.29, 1.82) is 0 Å². The van der Waals surface area contributed by atoms with Crippen molar-refractivity contribution in [2.75, 3.05) is 18.5 Å². The molecule has 6 heteroatoms. The average Bonchev–Trinajstić information content (AvgIpc) is 2.47. The van der Waals surface area contributed by atoms with Crippen molar-refractivity contribution in [3.05, 3.63) is 46.6 Å². The van der Waals surface area contributed by atoms with Crippen LogP contribution in [0, 0.1) is 0 Å². The number of aliphatic hydroxyl groups is 1. The number of rotatable bonds is 6. The Morgan fingerprint density at radius 1 is 1.25 bits per heavy atom. The van der Waals surface area contributed by atoms with Gasteiger partial charge in [0.2, 0.25) is 5.88 Å². The first kappa shape index (κ1) is 14.6. The van der Waals surface area contributed by atoms with Crippen molar-refractivity contribution in [3.8, 4) is 11.6 Å². The summed E-state index contributed by atoms with van der Waals surface area (Å²) in [5.74, 6) is 0.714. The van der Waals surface area contributed by atoms with Gasteiger partial charge in [-0.1, -0.05) is 15.9 Å². The Morgan fingerprint density at radius 2 is 2.10 bits per heavy atom. The molecule has 5 nitrogen and oxygen atoms in total. The molecular weight excluding hydrogens is 324 g/mol. The normalized spacial score (nSPS) is 10.3. The van der Waals surface area contributed by atoms with E-state index in [0.29, 0.717) is 12.4 Å². The van der Waals surface area contributed by atoms with Gasteiger partial charge in [0.15, 0.2) is 0 Å². The van der Waals surface area contributed by atoms with Crippen molar-refractivity contribution >= 4 is 21.6 Å². The van der Waals surface area contributed by atoms with E-state index in [9.17, 15) is 5.11 Å². The molecule has 0 aliphatic rings. The molecule has 1 heterocycles. The fourth-order valence-corrected chi connectivity index (χ4v) is 2.02. The highest BCUT2D eigenvalue weighted by Crippen LogP contribution is 2.23. The monoisotopic (exact) mass is 338 g/mol. The van der Waals surface area contributed by atoms with Gasteiger partial charge in [-0.25, -0.2) is 4.98 Å². The van der Waals surface area contributed by atoms with Crippen LogP contribution in [0.5, 0.6) is 11.6 Å². The predicted octanol–water partition coefficient (Wildman–Crippen LogP) is 2.53. The number of benzene rings is 1. The lowest BCUT2D eigenvalue weighted by Gasteiger charge is -2.09. The zero-order valence-electron chi connectivity index (χ0n) is 10.7. The van der Waals surface area contributed by atoms with Crippen LogP contribution in [0.25, 0.3) is 0 Å². The number of hydrogen-bond acceptors (Lipinski definition) is 5. The lowest BCUT2D eigenvalue weighted by molar-refractivity contribution is 0.196. The molecule has 0 fully saturated rings. The molecule has 2 rings (SSSR count). The molecule has 0 atom stereocenters. The summed E-state index contributed by atoms with van der Waals surface area (Å²) in [5.41, 5.74) is 1.61. The molecule has 0 spiro atoms. The summed E-state index contributed by atoms with van der Waals surface area (Å²) in [4.78, 5) is 4.10. The van der Waals surface area contributed by atoms with Crippen molar-refractivity contribution in [2.24, 2.45) is 0 Å². The van der Waals surface area contributed by atoms with Gasteiger partial charge in [0.1, 0.15) is 12.4 Å². The van der Waals surface area contributed by atoms with E-state index in [4.69, 9.17) is 9.84 Å². The molecule has 0 saturated heterocycles. The fraction of sp³-hybridized carbons (Fsp3) is 0.214. The van der Waals surface area contributed by atoms with Gasteiger partial charge in [-0.05, 0) is 24.3 Å². The van der Waals surface area contributed by atoms with Crippen LogP contribution >= 0.6 is 15.9 Å². The van der Waals surface area contributed by atoms with E-state index in [1.807, 2.05) is 12.1 Å². The summed E-state index contributed by atoms with van der Waals surface area (Å²) in [6.07, 6.45) is 1.64. The minimum atomic E-state index is -0.0379. The van der Waals surface area contributed by atoms with Gasteiger partial charge in [0.25, 0.3) is 0 Å². The first-order valence-electron chi connectivity index (χ1n) is 6.10. The van der Waals surface area contributed by atoms with E-state index in [-0.39, 0.29) is 19.0 Å². The summed E-state index contributed by atoms with van der Waals surface area (Å²) in [6, 6.07) is 8.83. The van der Waals surface area contributed by atoms with Gasteiger partial charge < -0.3 is 20.3 Å². The molecule has 1 aromatic carbocycles. The number of hydrogen-bond donors (Lipinski definition) is 3. The summed E-state index contributed by atoms with van der Waals surface area (Å²) in [5, 5.41) is 21.5. The Labute approximate surface area is 125 Å². The molecule has 0 aliphatic carbocycles. The largest absolute Gasteiger partial charge is 0.508 e. The zero-order chi connectivity index (χ0) is 14.4. The third-order valence-electron chi connectivity index (χ3n) is 2.60. The van der Waals surface area contributed by atoms with Crippen LogP contribution in [0.2, 0.25) is 0 Å². The van der Waals surface area contributed by atoms with Gasteiger partial charge in [-0.3, -0.25) is 0 Å². The maximum Gasteiger partial charge on any atom is 0.213 e. The Hall–Kier alpha value is -1.79. The van der Waals surface area contributed by atoms with E-state index in [1.54, 1.807) is 24.4 Å². The number of aromatic nitrogens is 1. The number of anilines is 1. The molecular formula is C14H15BrN2O3. The highest BCUT2D eigenvalue weighted by molar-refractivity contribution is 9.10. The van der Waals surface area contributed by atoms with Crippen LogP contribution in [0.3, 0.4) is 0 Å². The van der Waals surface area contributed by atoms with Gasteiger partial charge >= 0.3 is 0 Å². The van der Waals surface area contributed by atoms with Crippen molar-refractivity contribution < 1.29 is 14.9 Å². The SMILES string of the molecule is OCCOc1ccc(NCc2cc(Br)ccc2O)cn1. The first-order chi connectivity index (χ1) is 9.69. The number of nitrogens with zero attached hydrogens (tertiary/aromatic N) is 1. The van der Waals surface area contributed by atoms with Crippen molar-refractivity contribution in [2.45, 2.75) is 6.54 Å². The molecule has 106 valence electrons. The zero-order valence-corrected chi connectivity index (χ0v) is 12.3. The number of nitrogens with one attached hydrogen (secondary N) is 1. The minimum Gasteiger partial charge on any atom is -0.508 e. The van der Waals surface area contributed by atoms with E-state index >= 15 is 0 Å². The average molecular weight is 339 g/mol. The van der Waals surface area contributed by atoms with Crippen molar-refractivity contribution in [3.63, 3.8) is 0 Å². The van der Waals surface area contributed by atoms with E-state index < -0.39 is 0 Å². The molecule has 3 N–H and O–H groups in total. The molecule has 0 amide bonds. The van der Waals surface area contributed by atoms with Crippen LogP contribution in [0.4, 0.5) is 5.69 Å². The number of pyridine rings is 1. The number of ether oxygens (including phenoxy) is 1. The quantitative estimate of drug-likeness (QED) is 0.754. The second kappa shape index (κ2) is 7.12. The topological polar surface area (TPSA) is 74.6 Å². The number of phenols is 1. The first-order valence-corrected chi connectivity index (χ1v) is 6.89. The van der Waals surface area contributed by atoms with Crippen LogP contribution in [-0.2, 0) is 6.54 Å². The molecule has 0 bridgehead atoms. The number of aliphatic hydroxyl groups excluding tert-OH is 1. The summed E-state index contributed by atoms with van der Waals surface area (Å²) < 4.78 is 6.09. The fourth-order valence-electron chi connectivity index (χ4n) is 1.61. The summed E-state index contributed by atoms with van der Waals surface area (Å²) >= 11 is 3.37. The molecule has 0 unspecified atom stereocenters. The molecule has 2 aromatic rings. The Bertz CT molecular complexity index is 561. The van der Waals surface area contributed by atoms with Gasteiger partial charge in [0.05, 0.1) is 18.5 Å². The Balaban J connectivity index is 1.95. The minimum absolute atomic E-state index is 0.0379. The highest BCUT2D eigenvalue weighted by atomic mass is 79.9. The molecule has 0 radical (unpaired) electrons. The van der Waals surface area contributed by atoms with Crippen LogP contribution < -0.4 is 10.1 Å². The maximum atomic E-state index is 9.73. The van der Waals surface area contributed by atoms with Crippen molar-refractivity contribution in [1.82, 2.24) is 4.98 Å². The summed E-state index contributed by atoms with van der Waals surface area (Å²) in [7, 11) is 0. The van der Waals surface area contributed by atoms with Crippen LogP contribution in [-0.4, -0.2) is 28.4 Å². The van der Waals surface area contributed by atoms with E-state index in [0.717, 1.165) is 15.7 Å². The van der Waals surface area contributed by atoms with E-state index in [2.05, 4.69) is 26.2 Å². The molecule has 0 aliphatic heterocycles. The third-order valence-corrected chi connectivity index (χ3v) is 3.10. The van der Waals surface area contributed by atoms with Crippen LogP contribution in [0.15, 0.2) is 41.0 Å². The van der Waals surface area contributed by atoms with Crippen LogP contribution in [0.1, 0.15) is 5.56 Å². The summed E-state index contributed by atoms with van der Waals surface area (Å²) in [6.45, 7) is 0.680. The van der Waals surface area contributed by atoms with Gasteiger partial charge in [-0.2, -0.15) is 0 Å². The predicted molar refractivity (Wildman–Crippen MR) is 80.0 cm³/mol. The second-order valence-corrected chi connectivity index (χ2v) is 5.00. The second-order valence-electron chi connectivity index (χ2n) is 4.08. The number of aromatic hydroxyl groups is 1. The lowest BCUT2D eigenvalue weighted by atomic mass is 10.2. The maximum absolute atomic E-state index is 9.73. The number of halogens is 1. The molecule has 0 saturated carbocycles. The Morgan fingerprint density at radius 3 is 2.80 bits per heavy atom.